The first-order valence-electron chi connectivity index (χ1n) is 9.46. The highest BCUT2D eigenvalue weighted by Crippen LogP contribution is 2.18. The number of carbonyl (C=O) groups is 2. The highest BCUT2D eigenvalue weighted by molar-refractivity contribution is 7.91. The topological polar surface area (TPSA) is 78.0 Å². The predicted octanol–water partition coefficient (Wildman–Crippen LogP) is 0.366. The molecule has 0 aliphatic carbocycles. The average molecular weight is 394 g/mol. The Hall–Kier alpha value is -1.93. The number of rotatable bonds is 4. The maximum absolute atomic E-state index is 12.7. The molecule has 1 aromatic carbocycles. The van der Waals surface area contributed by atoms with Crippen molar-refractivity contribution in [1.82, 2.24) is 14.7 Å². The van der Waals surface area contributed by atoms with Gasteiger partial charge >= 0.3 is 11.8 Å². The first kappa shape index (κ1) is 19.8. The molecule has 0 saturated carbocycles. The Balaban J connectivity index is 1.54. The van der Waals surface area contributed by atoms with Gasteiger partial charge in [-0.15, -0.1) is 0 Å². The number of piperazine rings is 1. The molecule has 2 heterocycles. The summed E-state index contributed by atoms with van der Waals surface area (Å²) in [5.74, 6) is -1.03. The zero-order valence-corrected chi connectivity index (χ0v) is 16.5. The molecular formula is C19H27N3O4S. The van der Waals surface area contributed by atoms with Crippen molar-refractivity contribution < 1.29 is 18.0 Å². The average Bonchev–Trinajstić information content (AvgIpc) is 3.02. The third-order valence-electron chi connectivity index (χ3n) is 5.34. The van der Waals surface area contributed by atoms with E-state index in [-0.39, 0.29) is 17.5 Å². The standard InChI is InChI=1S/C19H27N3O4S/c1-2-22(17-8-13-27(25,26)15-17)19(24)18(23)21-11-9-20(10-12-21)14-16-6-4-3-5-7-16/h3-7,17H,2,8-15H2,1H3. The quantitative estimate of drug-likeness (QED) is 0.691. The van der Waals surface area contributed by atoms with Gasteiger partial charge in [0.05, 0.1) is 11.5 Å². The number of sulfone groups is 1. The van der Waals surface area contributed by atoms with E-state index in [9.17, 15) is 18.0 Å². The van der Waals surface area contributed by atoms with Crippen LogP contribution in [0.3, 0.4) is 0 Å². The molecule has 7 nitrogen and oxygen atoms in total. The van der Waals surface area contributed by atoms with E-state index < -0.39 is 21.7 Å². The Morgan fingerprint density at radius 1 is 1.11 bits per heavy atom. The maximum atomic E-state index is 12.7. The van der Waals surface area contributed by atoms with Gasteiger partial charge in [-0.25, -0.2) is 8.42 Å². The van der Waals surface area contributed by atoms with Gasteiger partial charge in [0, 0.05) is 45.3 Å². The van der Waals surface area contributed by atoms with Gasteiger partial charge in [-0.05, 0) is 18.9 Å². The van der Waals surface area contributed by atoms with Crippen molar-refractivity contribution >= 4 is 21.7 Å². The van der Waals surface area contributed by atoms with Crippen molar-refractivity contribution in [2.75, 3.05) is 44.2 Å². The van der Waals surface area contributed by atoms with E-state index in [4.69, 9.17) is 0 Å². The van der Waals surface area contributed by atoms with Crippen LogP contribution in [0.25, 0.3) is 0 Å². The zero-order valence-electron chi connectivity index (χ0n) is 15.7. The van der Waals surface area contributed by atoms with Crippen molar-refractivity contribution in [2.24, 2.45) is 0 Å². The lowest BCUT2D eigenvalue weighted by atomic mass is 10.2. The molecule has 2 aliphatic rings. The summed E-state index contributed by atoms with van der Waals surface area (Å²) in [6, 6.07) is 9.79. The van der Waals surface area contributed by atoms with Crippen molar-refractivity contribution in [2.45, 2.75) is 25.9 Å². The molecule has 8 heteroatoms. The summed E-state index contributed by atoms with van der Waals surface area (Å²) in [7, 11) is -3.10. The highest BCUT2D eigenvalue weighted by Gasteiger charge is 2.37. The monoisotopic (exact) mass is 393 g/mol. The van der Waals surface area contributed by atoms with Crippen LogP contribution >= 0.6 is 0 Å². The van der Waals surface area contributed by atoms with E-state index in [1.807, 2.05) is 18.2 Å². The lowest BCUT2D eigenvalue weighted by Gasteiger charge is -2.36. The Morgan fingerprint density at radius 2 is 1.78 bits per heavy atom. The minimum absolute atomic E-state index is 0.0370. The number of nitrogens with zero attached hydrogens (tertiary/aromatic N) is 3. The van der Waals surface area contributed by atoms with E-state index in [0.29, 0.717) is 26.1 Å². The van der Waals surface area contributed by atoms with Gasteiger partial charge in [0.15, 0.2) is 9.84 Å². The molecule has 0 aromatic heterocycles. The first-order chi connectivity index (χ1) is 12.9. The van der Waals surface area contributed by atoms with Gasteiger partial charge in [0.2, 0.25) is 0 Å². The molecule has 0 radical (unpaired) electrons. The van der Waals surface area contributed by atoms with Gasteiger partial charge in [-0.3, -0.25) is 14.5 Å². The summed E-state index contributed by atoms with van der Waals surface area (Å²) >= 11 is 0. The fourth-order valence-electron chi connectivity index (χ4n) is 3.80. The van der Waals surface area contributed by atoms with Crippen LogP contribution < -0.4 is 0 Å². The number of carbonyl (C=O) groups excluding carboxylic acids is 2. The molecule has 3 rings (SSSR count). The van der Waals surface area contributed by atoms with Gasteiger partial charge in [-0.1, -0.05) is 30.3 Å². The summed E-state index contributed by atoms with van der Waals surface area (Å²) in [6.07, 6.45) is 0.417. The first-order valence-corrected chi connectivity index (χ1v) is 11.3. The Labute approximate surface area is 160 Å². The van der Waals surface area contributed by atoms with Crippen LogP contribution in [0, 0.1) is 0 Å². The van der Waals surface area contributed by atoms with Crippen LogP contribution in [0.5, 0.6) is 0 Å². The van der Waals surface area contributed by atoms with Gasteiger partial charge in [-0.2, -0.15) is 0 Å². The Kier molecular flexibility index (Phi) is 6.16. The fourth-order valence-corrected chi connectivity index (χ4v) is 5.53. The van der Waals surface area contributed by atoms with E-state index >= 15 is 0 Å². The van der Waals surface area contributed by atoms with Crippen molar-refractivity contribution in [3.05, 3.63) is 35.9 Å². The van der Waals surface area contributed by atoms with Crippen LogP contribution in [0.1, 0.15) is 18.9 Å². The van der Waals surface area contributed by atoms with Crippen molar-refractivity contribution in [3.63, 3.8) is 0 Å². The third-order valence-corrected chi connectivity index (χ3v) is 7.09. The molecule has 0 N–H and O–H groups in total. The molecule has 1 aromatic rings. The van der Waals surface area contributed by atoms with E-state index in [1.165, 1.54) is 10.5 Å². The molecule has 27 heavy (non-hydrogen) atoms. The van der Waals surface area contributed by atoms with Crippen molar-refractivity contribution in [1.29, 1.82) is 0 Å². The minimum Gasteiger partial charge on any atom is -0.332 e. The molecule has 2 amide bonds. The second kappa shape index (κ2) is 8.39. The van der Waals surface area contributed by atoms with E-state index in [0.717, 1.165) is 19.6 Å². The minimum atomic E-state index is -3.10. The molecule has 148 valence electrons. The summed E-state index contributed by atoms with van der Waals surface area (Å²) in [6.45, 7) is 5.43. The Bertz CT molecular complexity index is 773. The number of hydrogen-bond acceptors (Lipinski definition) is 5. The van der Waals surface area contributed by atoms with Crippen LogP contribution in [-0.4, -0.2) is 85.2 Å². The molecule has 2 saturated heterocycles. The fraction of sp³-hybridized carbons (Fsp3) is 0.579. The summed E-state index contributed by atoms with van der Waals surface area (Å²) in [5.41, 5.74) is 1.23. The molecular weight excluding hydrogens is 366 g/mol. The third kappa shape index (κ3) is 4.87. The van der Waals surface area contributed by atoms with E-state index in [1.54, 1.807) is 11.8 Å². The lowest BCUT2D eigenvalue weighted by Crippen LogP contribution is -2.54. The maximum Gasteiger partial charge on any atom is 0.312 e. The SMILES string of the molecule is CCN(C(=O)C(=O)N1CCN(Cc2ccccc2)CC1)C1CCS(=O)(=O)C1. The second-order valence-corrected chi connectivity index (χ2v) is 9.43. The number of amides is 2. The van der Waals surface area contributed by atoms with Gasteiger partial charge in [0.1, 0.15) is 0 Å². The molecule has 2 aliphatic heterocycles. The smallest absolute Gasteiger partial charge is 0.312 e. The summed E-state index contributed by atoms with van der Waals surface area (Å²) in [4.78, 5) is 30.6. The molecule has 1 unspecified atom stereocenters. The lowest BCUT2D eigenvalue weighted by molar-refractivity contribution is -0.153. The van der Waals surface area contributed by atoms with Crippen LogP contribution in [-0.2, 0) is 26.0 Å². The van der Waals surface area contributed by atoms with Gasteiger partial charge in [0.25, 0.3) is 0 Å². The van der Waals surface area contributed by atoms with Crippen LogP contribution in [0.15, 0.2) is 30.3 Å². The summed E-state index contributed by atoms with van der Waals surface area (Å²) in [5, 5.41) is 0. The number of likely N-dealkylation sites (N-methyl/N-ethyl adjacent to an activating group) is 1. The zero-order chi connectivity index (χ0) is 19.4. The normalized spacial score (nSPS) is 22.6. The van der Waals surface area contributed by atoms with Gasteiger partial charge < -0.3 is 9.80 Å². The van der Waals surface area contributed by atoms with Crippen LogP contribution in [0.4, 0.5) is 0 Å². The van der Waals surface area contributed by atoms with Crippen molar-refractivity contribution in [3.8, 4) is 0 Å². The molecule has 0 spiro atoms. The van der Waals surface area contributed by atoms with E-state index in [2.05, 4.69) is 17.0 Å². The molecule has 2 fully saturated rings. The number of benzene rings is 1. The second-order valence-electron chi connectivity index (χ2n) is 7.20. The predicted molar refractivity (Wildman–Crippen MR) is 103 cm³/mol. The summed E-state index contributed by atoms with van der Waals surface area (Å²) < 4.78 is 23.4. The molecule has 1 atom stereocenters. The molecule has 0 bridgehead atoms. The largest absolute Gasteiger partial charge is 0.332 e. The number of hydrogen-bond donors (Lipinski definition) is 0. The highest BCUT2D eigenvalue weighted by atomic mass is 32.2. The Morgan fingerprint density at radius 3 is 2.33 bits per heavy atom. The van der Waals surface area contributed by atoms with Crippen LogP contribution in [0.2, 0.25) is 0 Å².